The molecule has 128 valence electrons. The van der Waals surface area contributed by atoms with Crippen LogP contribution in [0.1, 0.15) is 28.1 Å². The average Bonchev–Trinajstić information content (AvgIpc) is 3.07. The van der Waals surface area contributed by atoms with Gasteiger partial charge < -0.3 is 14.8 Å². The minimum atomic E-state index is -0.0886. The molecule has 2 heterocycles. The third-order valence-corrected chi connectivity index (χ3v) is 6.16. The van der Waals surface area contributed by atoms with E-state index in [4.69, 9.17) is 9.47 Å². The average molecular weight is 410 g/mol. The number of rotatable bonds is 5. The first-order valence-corrected chi connectivity index (χ1v) is 9.50. The van der Waals surface area contributed by atoms with Crippen molar-refractivity contribution in [2.24, 2.45) is 0 Å². The third kappa shape index (κ3) is 3.82. The molecule has 1 fully saturated rings. The van der Waals surface area contributed by atoms with Crippen molar-refractivity contribution in [2.45, 2.75) is 18.3 Å². The lowest BCUT2D eigenvalue weighted by molar-refractivity contribution is 0.0487. The van der Waals surface area contributed by atoms with Crippen molar-refractivity contribution in [3.63, 3.8) is 0 Å². The highest BCUT2D eigenvalue weighted by molar-refractivity contribution is 9.11. The maximum Gasteiger partial charge on any atom is 0.261 e. The largest absolute Gasteiger partial charge is 0.497 e. The van der Waals surface area contributed by atoms with Crippen molar-refractivity contribution in [1.82, 2.24) is 5.32 Å². The zero-order valence-electron chi connectivity index (χ0n) is 13.5. The molecule has 1 N–H and O–H groups in total. The van der Waals surface area contributed by atoms with Crippen LogP contribution in [0.25, 0.3) is 0 Å². The van der Waals surface area contributed by atoms with Crippen LogP contribution in [0, 0.1) is 0 Å². The van der Waals surface area contributed by atoms with Crippen molar-refractivity contribution >= 4 is 33.2 Å². The maximum atomic E-state index is 12.4. The van der Waals surface area contributed by atoms with Gasteiger partial charge in [-0.05, 0) is 58.6 Å². The van der Waals surface area contributed by atoms with Gasteiger partial charge in [0.25, 0.3) is 5.91 Å². The summed E-state index contributed by atoms with van der Waals surface area (Å²) >= 11 is 4.84. The van der Waals surface area contributed by atoms with Crippen LogP contribution in [0.5, 0.6) is 5.75 Å². The molecule has 4 nitrogen and oxygen atoms in total. The first kappa shape index (κ1) is 17.5. The van der Waals surface area contributed by atoms with E-state index in [-0.39, 0.29) is 11.3 Å². The number of hydrogen-bond acceptors (Lipinski definition) is 4. The minimum Gasteiger partial charge on any atom is -0.497 e. The van der Waals surface area contributed by atoms with E-state index >= 15 is 0 Å². The van der Waals surface area contributed by atoms with Gasteiger partial charge >= 0.3 is 0 Å². The number of benzene rings is 1. The first-order valence-electron chi connectivity index (χ1n) is 7.89. The van der Waals surface area contributed by atoms with Crippen LogP contribution in [0.15, 0.2) is 40.2 Å². The van der Waals surface area contributed by atoms with Crippen LogP contribution >= 0.6 is 27.3 Å². The Kier molecular flexibility index (Phi) is 5.58. The van der Waals surface area contributed by atoms with Gasteiger partial charge in [0, 0.05) is 25.2 Å². The molecule has 1 amide bonds. The van der Waals surface area contributed by atoms with E-state index in [2.05, 4.69) is 33.4 Å². The summed E-state index contributed by atoms with van der Waals surface area (Å²) in [6.45, 7) is 2.04. The van der Waals surface area contributed by atoms with Gasteiger partial charge in [-0.25, -0.2) is 0 Å². The first-order chi connectivity index (χ1) is 11.6. The van der Waals surface area contributed by atoms with Crippen molar-refractivity contribution in [3.8, 4) is 5.75 Å². The molecule has 0 unspecified atom stereocenters. The van der Waals surface area contributed by atoms with E-state index in [1.165, 1.54) is 16.9 Å². The van der Waals surface area contributed by atoms with Crippen LogP contribution < -0.4 is 10.1 Å². The Labute approximate surface area is 154 Å². The lowest BCUT2D eigenvalue weighted by Crippen LogP contribution is -2.44. The number of thiophene rings is 1. The van der Waals surface area contributed by atoms with Gasteiger partial charge in [-0.1, -0.05) is 12.1 Å². The molecule has 0 aliphatic carbocycles. The van der Waals surface area contributed by atoms with E-state index in [9.17, 15) is 4.79 Å². The molecule has 6 heteroatoms. The Morgan fingerprint density at radius 1 is 1.25 bits per heavy atom. The molecule has 2 aromatic rings. The summed E-state index contributed by atoms with van der Waals surface area (Å²) in [5, 5.41) is 3.11. The second-order valence-electron chi connectivity index (χ2n) is 5.91. The van der Waals surface area contributed by atoms with E-state index in [1.807, 2.05) is 24.3 Å². The summed E-state index contributed by atoms with van der Waals surface area (Å²) in [5.74, 6) is 0.818. The van der Waals surface area contributed by atoms with Gasteiger partial charge in [0.1, 0.15) is 5.75 Å². The molecule has 1 saturated heterocycles. The molecule has 1 aromatic heterocycles. The monoisotopic (exact) mass is 409 g/mol. The summed E-state index contributed by atoms with van der Waals surface area (Å²) in [6.07, 6.45) is 1.79. The molecular formula is C18H20BrNO3S. The highest BCUT2D eigenvalue weighted by Gasteiger charge is 2.35. The molecule has 0 saturated carbocycles. The zero-order valence-corrected chi connectivity index (χ0v) is 15.9. The Morgan fingerprint density at radius 2 is 1.96 bits per heavy atom. The van der Waals surface area contributed by atoms with Crippen molar-refractivity contribution in [2.75, 3.05) is 26.9 Å². The molecule has 0 spiro atoms. The van der Waals surface area contributed by atoms with Crippen LogP contribution in [0.2, 0.25) is 0 Å². The molecule has 1 aliphatic rings. The normalized spacial score (nSPS) is 16.6. The predicted molar refractivity (Wildman–Crippen MR) is 99.1 cm³/mol. The summed E-state index contributed by atoms with van der Waals surface area (Å²) < 4.78 is 11.8. The van der Waals surface area contributed by atoms with Crippen LogP contribution in [-0.4, -0.2) is 32.8 Å². The fourth-order valence-corrected chi connectivity index (χ4v) is 4.35. The van der Waals surface area contributed by atoms with E-state index in [0.29, 0.717) is 19.8 Å². The van der Waals surface area contributed by atoms with Gasteiger partial charge in [0.2, 0.25) is 0 Å². The Bertz CT molecular complexity index is 693. The number of carbonyl (C=O) groups is 1. The standard InChI is InChI=1S/C18H20BrNO3S/c1-22-14-4-2-13(3-5-14)18(8-10-23-11-9-18)12-20-17(21)15-6-7-16(19)24-15/h2-7H,8-12H2,1H3,(H,20,21). The van der Waals surface area contributed by atoms with Crippen LogP contribution in [0.4, 0.5) is 0 Å². The lowest BCUT2D eigenvalue weighted by Gasteiger charge is -2.38. The molecule has 0 bridgehead atoms. The van der Waals surface area contributed by atoms with Gasteiger partial charge in [-0.2, -0.15) is 0 Å². The molecule has 0 atom stereocenters. The quantitative estimate of drug-likeness (QED) is 0.811. The van der Waals surface area contributed by atoms with Crippen molar-refractivity contribution < 1.29 is 14.3 Å². The number of nitrogens with one attached hydrogen (secondary N) is 1. The van der Waals surface area contributed by atoms with E-state index in [1.54, 1.807) is 7.11 Å². The smallest absolute Gasteiger partial charge is 0.261 e. The number of ether oxygens (including phenoxy) is 2. The van der Waals surface area contributed by atoms with Crippen LogP contribution in [0.3, 0.4) is 0 Å². The van der Waals surface area contributed by atoms with Gasteiger partial charge in [0.15, 0.2) is 0 Å². The Morgan fingerprint density at radius 3 is 2.54 bits per heavy atom. The summed E-state index contributed by atoms with van der Waals surface area (Å²) in [7, 11) is 1.67. The van der Waals surface area contributed by atoms with Gasteiger partial charge in [-0.3, -0.25) is 4.79 Å². The van der Waals surface area contributed by atoms with E-state index in [0.717, 1.165) is 27.3 Å². The summed E-state index contributed by atoms with van der Waals surface area (Å²) in [6, 6.07) is 11.9. The summed E-state index contributed by atoms with van der Waals surface area (Å²) in [4.78, 5) is 13.1. The third-order valence-electron chi connectivity index (χ3n) is 4.54. The minimum absolute atomic E-state index is 0.0231. The molecule has 1 aliphatic heterocycles. The highest BCUT2D eigenvalue weighted by Crippen LogP contribution is 2.35. The fraction of sp³-hybridized carbons (Fsp3) is 0.389. The van der Waals surface area contributed by atoms with Crippen molar-refractivity contribution in [3.05, 3.63) is 50.6 Å². The molecule has 3 rings (SSSR count). The molecule has 0 radical (unpaired) electrons. The SMILES string of the molecule is COc1ccc(C2(CNC(=O)c3ccc(Br)s3)CCOCC2)cc1. The predicted octanol–water partition coefficient (Wildman–Crippen LogP) is 4.00. The lowest BCUT2D eigenvalue weighted by atomic mass is 9.74. The number of carbonyl (C=O) groups excluding carboxylic acids is 1. The van der Waals surface area contributed by atoms with E-state index < -0.39 is 0 Å². The summed E-state index contributed by atoms with van der Waals surface area (Å²) in [5.41, 5.74) is 1.13. The maximum absolute atomic E-state index is 12.4. The topological polar surface area (TPSA) is 47.6 Å². The Balaban J connectivity index is 1.76. The van der Waals surface area contributed by atoms with Gasteiger partial charge in [0.05, 0.1) is 15.8 Å². The highest BCUT2D eigenvalue weighted by atomic mass is 79.9. The Hall–Kier alpha value is -1.37. The zero-order chi connectivity index (χ0) is 17.0. The number of hydrogen-bond donors (Lipinski definition) is 1. The number of amides is 1. The molecule has 1 aromatic carbocycles. The van der Waals surface area contributed by atoms with Gasteiger partial charge in [-0.15, -0.1) is 11.3 Å². The second-order valence-corrected chi connectivity index (χ2v) is 8.37. The molecule has 24 heavy (non-hydrogen) atoms. The molecular weight excluding hydrogens is 390 g/mol. The fourth-order valence-electron chi connectivity index (χ4n) is 3.05. The second kappa shape index (κ2) is 7.68. The number of halogens is 1. The number of methoxy groups -OCH3 is 1. The van der Waals surface area contributed by atoms with Crippen LogP contribution in [-0.2, 0) is 10.2 Å². The van der Waals surface area contributed by atoms with Crippen molar-refractivity contribution in [1.29, 1.82) is 0 Å².